The summed E-state index contributed by atoms with van der Waals surface area (Å²) in [6, 6.07) is 7.58. The monoisotopic (exact) mass is 275 g/mol. The number of carbonyl (C=O) groups is 2. The number of amides is 3. The topological polar surface area (TPSA) is 61.4 Å². The van der Waals surface area contributed by atoms with Gasteiger partial charge >= 0.3 is 6.03 Å². The van der Waals surface area contributed by atoms with E-state index in [0.29, 0.717) is 19.6 Å². The Balaban J connectivity index is 2.09. The number of urea groups is 1. The maximum atomic E-state index is 12.0. The molecular weight excluding hydrogens is 254 g/mol. The van der Waals surface area contributed by atoms with E-state index >= 15 is 0 Å². The van der Waals surface area contributed by atoms with Crippen molar-refractivity contribution in [2.45, 2.75) is 26.8 Å². The van der Waals surface area contributed by atoms with Crippen molar-refractivity contribution in [1.82, 2.24) is 10.2 Å². The van der Waals surface area contributed by atoms with E-state index in [1.54, 1.807) is 4.90 Å². The molecule has 0 radical (unpaired) electrons. The fourth-order valence-electron chi connectivity index (χ4n) is 2.09. The van der Waals surface area contributed by atoms with Crippen LogP contribution in [0.15, 0.2) is 24.3 Å². The maximum absolute atomic E-state index is 12.0. The van der Waals surface area contributed by atoms with Gasteiger partial charge < -0.3 is 15.5 Å². The van der Waals surface area contributed by atoms with Crippen LogP contribution in [0.3, 0.4) is 0 Å². The Morgan fingerprint density at radius 2 is 2.20 bits per heavy atom. The van der Waals surface area contributed by atoms with Crippen molar-refractivity contribution in [3.05, 3.63) is 29.8 Å². The molecule has 2 N–H and O–H groups in total. The van der Waals surface area contributed by atoms with Gasteiger partial charge in [-0.1, -0.05) is 32.0 Å². The van der Waals surface area contributed by atoms with Gasteiger partial charge in [-0.25, -0.2) is 4.79 Å². The van der Waals surface area contributed by atoms with Gasteiger partial charge in [-0.15, -0.1) is 0 Å². The largest absolute Gasteiger partial charge is 0.336 e. The highest BCUT2D eigenvalue weighted by molar-refractivity contribution is 5.93. The fraction of sp³-hybridized carbons (Fsp3) is 0.467. The van der Waals surface area contributed by atoms with Crippen molar-refractivity contribution in [1.29, 1.82) is 0 Å². The molecule has 0 aromatic heterocycles. The third kappa shape index (κ3) is 3.29. The lowest BCUT2D eigenvalue weighted by molar-refractivity contribution is -0.119. The summed E-state index contributed by atoms with van der Waals surface area (Å²) in [5, 5.41) is 5.73. The molecule has 1 atom stereocenters. The van der Waals surface area contributed by atoms with Gasteiger partial charge in [0.2, 0.25) is 5.91 Å². The lowest BCUT2D eigenvalue weighted by Gasteiger charge is -2.18. The molecule has 0 saturated carbocycles. The van der Waals surface area contributed by atoms with Crippen molar-refractivity contribution >= 4 is 17.6 Å². The number of benzene rings is 1. The summed E-state index contributed by atoms with van der Waals surface area (Å²) in [7, 11) is 0. The van der Waals surface area contributed by atoms with E-state index < -0.39 is 0 Å². The summed E-state index contributed by atoms with van der Waals surface area (Å²) < 4.78 is 0. The summed E-state index contributed by atoms with van der Waals surface area (Å²) in [6.45, 7) is 5.80. The van der Waals surface area contributed by atoms with E-state index in [4.69, 9.17) is 0 Å². The zero-order chi connectivity index (χ0) is 14.5. The lowest BCUT2D eigenvalue weighted by Crippen LogP contribution is -2.28. The highest BCUT2D eigenvalue weighted by Crippen LogP contribution is 2.19. The molecule has 1 saturated heterocycles. The van der Waals surface area contributed by atoms with Crippen LogP contribution in [-0.4, -0.2) is 29.9 Å². The quantitative estimate of drug-likeness (QED) is 0.865. The van der Waals surface area contributed by atoms with Crippen molar-refractivity contribution in [2.75, 3.05) is 18.4 Å². The molecule has 20 heavy (non-hydrogen) atoms. The smallest absolute Gasteiger partial charge is 0.317 e. The molecule has 0 bridgehead atoms. The van der Waals surface area contributed by atoms with Gasteiger partial charge in [0.25, 0.3) is 0 Å². The minimum Gasteiger partial charge on any atom is -0.336 e. The van der Waals surface area contributed by atoms with Crippen LogP contribution in [0.5, 0.6) is 0 Å². The minimum atomic E-state index is -0.0481. The third-order valence-corrected chi connectivity index (χ3v) is 3.64. The SMILES string of the molecule is CC[C@H](C)C(=O)Nc1ccccc1CN1CCNC1=O. The van der Waals surface area contributed by atoms with Gasteiger partial charge in [0.1, 0.15) is 0 Å². The Bertz CT molecular complexity index is 502. The molecule has 1 fully saturated rings. The van der Waals surface area contributed by atoms with Crippen LogP contribution in [-0.2, 0) is 11.3 Å². The standard InChI is InChI=1S/C15H21N3O2/c1-3-11(2)14(19)17-13-7-5-4-6-12(13)10-18-9-8-16-15(18)20/h4-7,11H,3,8-10H2,1-2H3,(H,16,20)(H,17,19)/t11-/m0/s1. The molecule has 5 heteroatoms. The van der Waals surface area contributed by atoms with Crippen LogP contribution in [0.25, 0.3) is 0 Å². The molecule has 2 rings (SSSR count). The molecule has 1 aliphatic rings. The van der Waals surface area contributed by atoms with E-state index in [1.807, 2.05) is 38.1 Å². The van der Waals surface area contributed by atoms with Crippen LogP contribution in [0, 0.1) is 5.92 Å². The second-order valence-electron chi connectivity index (χ2n) is 5.11. The van der Waals surface area contributed by atoms with Crippen LogP contribution >= 0.6 is 0 Å². The van der Waals surface area contributed by atoms with Crippen molar-refractivity contribution in [3.63, 3.8) is 0 Å². The minimum absolute atomic E-state index is 0.0156. The molecule has 1 aliphatic heterocycles. The summed E-state index contributed by atoms with van der Waals surface area (Å²) >= 11 is 0. The van der Waals surface area contributed by atoms with Gasteiger partial charge in [-0.05, 0) is 18.1 Å². The van der Waals surface area contributed by atoms with E-state index in [-0.39, 0.29) is 17.9 Å². The summed E-state index contributed by atoms with van der Waals surface area (Å²) in [5.74, 6) is 0.00367. The van der Waals surface area contributed by atoms with Gasteiger partial charge in [-0.3, -0.25) is 4.79 Å². The highest BCUT2D eigenvalue weighted by Gasteiger charge is 2.21. The number of nitrogens with zero attached hydrogens (tertiary/aromatic N) is 1. The Kier molecular flexibility index (Phi) is 4.61. The van der Waals surface area contributed by atoms with Crippen molar-refractivity contribution < 1.29 is 9.59 Å². The molecule has 1 heterocycles. The molecule has 1 aromatic carbocycles. The number of rotatable bonds is 5. The van der Waals surface area contributed by atoms with Crippen molar-refractivity contribution in [3.8, 4) is 0 Å². The first kappa shape index (κ1) is 14.4. The fourth-order valence-corrected chi connectivity index (χ4v) is 2.09. The van der Waals surface area contributed by atoms with E-state index in [0.717, 1.165) is 17.7 Å². The second kappa shape index (κ2) is 6.41. The molecule has 0 aliphatic carbocycles. The Morgan fingerprint density at radius 3 is 2.85 bits per heavy atom. The normalized spacial score (nSPS) is 15.9. The molecule has 0 spiro atoms. The molecular formula is C15H21N3O2. The Morgan fingerprint density at radius 1 is 1.45 bits per heavy atom. The van der Waals surface area contributed by atoms with Gasteiger partial charge in [-0.2, -0.15) is 0 Å². The molecule has 3 amide bonds. The summed E-state index contributed by atoms with van der Waals surface area (Å²) in [4.78, 5) is 25.3. The average molecular weight is 275 g/mol. The maximum Gasteiger partial charge on any atom is 0.317 e. The van der Waals surface area contributed by atoms with Gasteiger partial charge in [0.05, 0.1) is 0 Å². The zero-order valence-electron chi connectivity index (χ0n) is 12.0. The Labute approximate surface area is 119 Å². The molecule has 1 aromatic rings. The van der Waals surface area contributed by atoms with Crippen LogP contribution in [0.2, 0.25) is 0 Å². The van der Waals surface area contributed by atoms with Crippen LogP contribution < -0.4 is 10.6 Å². The lowest BCUT2D eigenvalue weighted by atomic mass is 10.1. The summed E-state index contributed by atoms with van der Waals surface area (Å²) in [5.41, 5.74) is 1.75. The average Bonchev–Trinajstić information content (AvgIpc) is 2.85. The predicted octanol–water partition coefficient (Wildman–Crippen LogP) is 2.20. The first-order valence-electron chi connectivity index (χ1n) is 7.03. The number of para-hydroxylation sites is 1. The molecule has 5 nitrogen and oxygen atoms in total. The zero-order valence-corrected chi connectivity index (χ0v) is 12.0. The predicted molar refractivity (Wildman–Crippen MR) is 78.3 cm³/mol. The number of anilines is 1. The number of nitrogens with one attached hydrogen (secondary N) is 2. The number of hydrogen-bond donors (Lipinski definition) is 2. The number of hydrogen-bond acceptors (Lipinski definition) is 2. The third-order valence-electron chi connectivity index (χ3n) is 3.64. The van der Waals surface area contributed by atoms with Gasteiger partial charge in [0.15, 0.2) is 0 Å². The summed E-state index contributed by atoms with van der Waals surface area (Å²) in [6.07, 6.45) is 0.808. The molecule has 108 valence electrons. The second-order valence-corrected chi connectivity index (χ2v) is 5.11. The highest BCUT2D eigenvalue weighted by atomic mass is 16.2. The van der Waals surface area contributed by atoms with Crippen molar-refractivity contribution in [2.24, 2.45) is 5.92 Å². The number of carbonyl (C=O) groups excluding carboxylic acids is 2. The van der Waals surface area contributed by atoms with Gasteiger partial charge in [0, 0.05) is 31.2 Å². The van der Waals surface area contributed by atoms with E-state index in [2.05, 4.69) is 10.6 Å². The van der Waals surface area contributed by atoms with Crippen LogP contribution in [0.1, 0.15) is 25.8 Å². The van der Waals surface area contributed by atoms with E-state index in [1.165, 1.54) is 0 Å². The Hall–Kier alpha value is -2.04. The molecule has 0 unspecified atom stereocenters. The first-order valence-corrected chi connectivity index (χ1v) is 7.03. The van der Waals surface area contributed by atoms with Crippen LogP contribution in [0.4, 0.5) is 10.5 Å². The van der Waals surface area contributed by atoms with E-state index in [9.17, 15) is 9.59 Å². The first-order chi connectivity index (χ1) is 9.61.